The summed E-state index contributed by atoms with van der Waals surface area (Å²) in [5.41, 5.74) is 0.789. The Morgan fingerprint density at radius 1 is 1.18 bits per heavy atom. The SMILES string of the molecule is CSc1nnc(CCCN=Cc2c(O)ccc3ccccc23)n1C1CCCC1. The highest BCUT2D eigenvalue weighted by Gasteiger charge is 2.23. The summed E-state index contributed by atoms with van der Waals surface area (Å²) in [6.07, 6.45) is 10.7. The van der Waals surface area contributed by atoms with Crippen LogP contribution in [0, 0.1) is 0 Å². The lowest BCUT2D eigenvalue weighted by Gasteiger charge is -2.16. The van der Waals surface area contributed by atoms with Crippen molar-refractivity contribution < 1.29 is 5.11 Å². The van der Waals surface area contributed by atoms with E-state index in [1.807, 2.05) is 30.3 Å². The van der Waals surface area contributed by atoms with Gasteiger partial charge in [-0.3, -0.25) is 4.99 Å². The molecule has 0 atom stereocenters. The van der Waals surface area contributed by atoms with E-state index in [2.05, 4.69) is 26.0 Å². The third-order valence-corrected chi connectivity index (χ3v) is 6.11. The van der Waals surface area contributed by atoms with Crippen molar-refractivity contribution in [2.75, 3.05) is 12.8 Å². The first kappa shape index (κ1) is 19.0. The number of nitrogens with zero attached hydrogens (tertiary/aromatic N) is 4. The van der Waals surface area contributed by atoms with E-state index < -0.39 is 0 Å². The minimum absolute atomic E-state index is 0.271. The molecule has 1 N–H and O–H groups in total. The zero-order chi connectivity index (χ0) is 19.3. The first-order valence-corrected chi connectivity index (χ1v) is 11.2. The molecular weight excluding hydrogens is 368 g/mol. The van der Waals surface area contributed by atoms with Crippen molar-refractivity contribution in [3.63, 3.8) is 0 Å². The van der Waals surface area contributed by atoms with Gasteiger partial charge in [0.2, 0.25) is 0 Å². The lowest BCUT2D eigenvalue weighted by molar-refractivity contribution is 0.461. The number of thioether (sulfide) groups is 1. The molecule has 3 aromatic rings. The predicted octanol–water partition coefficient (Wildman–Crippen LogP) is 5.03. The third-order valence-electron chi connectivity index (χ3n) is 5.46. The van der Waals surface area contributed by atoms with E-state index in [9.17, 15) is 5.11 Å². The van der Waals surface area contributed by atoms with E-state index in [1.165, 1.54) is 25.7 Å². The normalized spacial score (nSPS) is 15.2. The molecule has 0 spiro atoms. The van der Waals surface area contributed by atoms with Crippen LogP contribution in [0.5, 0.6) is 5.75 Å². The molecule has 1 fully saturated rings. The topological polar surface area (TPSA) is 63.3 Å². The molecule has 0 aliphatic heterocycles. The molecule has 1 saturated carbocycles. The Morgan fingerprint density at radius 3 is 2.82 bits per heavy atom. The molecule has 146 valence electrons. The molecule has 0 unspecified atom stereocenters. The van der Waals surface area contributed by atoms with Gasteiger partial charge in [0.1, 0.15) is 11.6 Å². The maximum absolute atomic E-state index is 10.2. The first-order valence-electron chi connectivity index (χ1n) is 9.96. The molecule has 1 aliphatic rings. The van der Waals surface area contributed by atoms with Crippen LogP contribution in [0.4, 0.5) is 0 Å². The van der Waals surface area contributed by atoms with Gasteiger partial charge in [0, 0.05) is 30.8 Å². The van der Waals surface area contributed by atoms with Crippen LogP contribution >= 0.6 is 11.8 Å². The van der Waals surface area contributed by atoms with E-state index in [0.717, 1.165) is 40.2 Å². The van der Waals surface area contributed by atoms with Crippen molar-refractivity contribution in [3.8, 4) is 5.75 Å². The number of phenols is 1. The number of rotatable bonds is 7. The Labute approximate surface area is 169 Å². The molecule has 1 heterocycles. The molecule has 0 saturated heterocycles. The summed E-state index contributed by atoms with van der Waals surface area (Å²) < 4.78 is 2.36. The minimum Gasteiger partial charge on any atom is -0.507 e. The van der Waals surface area contributed by atoms with Gasteiger partial charge in [-0.1, -0.05) is 54.9 Å². The summed E-state index contributed by atoms with van der Waals surface area (Å²) in [7, 11) is 0. The molecule has 0 amide bonds. The summed E-state index contributed by atoms with van der Waals surface area (Å²) in [4.78, 5) is 4.57. The van der Waals surface area contributed by atoms with Gasteiger partial charge in [0.15, 0.2) is 5.16 Å². The monoisotopic (exact) mass is 394 g/mol. The average molecular weight is 395 g/mol. The van der Waals surface area contributed by atoms with Crippen LogP contribution < -0.4 is 0 Å². The van der Waals surface area contributed by atoms with E-state index in [-0.39, 0.29) is 5.75 Å². The zero-order valence-electron chi connectivity index (χ0n) is 16.2. The number of phenolic OH excluding ortho intramolecular Hbond substituents is 1. The van der Waals surface area contributed by atoms with Crippen LogP contribution in [0.15, 0.2) is 46.5 Å². The number of aryl methyl sites for hydroxylation is 1. The number of aromatic nitrogens is 3. The number of hydrogen-bond donors (Lipinski definition) is 1. The molecule has 28 heavy (non-hydrogen) atoms. The maximum atomic E-state index is 10.2. The minimum atomic E-state index is 0.271. The molecular formula is C22H26N4OS. The Bertz CT molecular complexity index is 976. The van der Waals surface area contributed by atoms with Gasteiger partial charge in [-0.15, -0.1) is 10.2 Å². The van der Waals surface area contributed by atoms with E-state index >= 15 is 0 Å². The van der Waals surface area contributed by atoms with Crippen LogP contribution in [-0.2, 0) is 6.42 Å². The van der Waals surface area contributed by atoms with Gasteiger partial charge in [0.05, 0.1) is 0 Å². The molecule has 5 nitrogen and oxygen atoms in total. The van der Waals surface area contributed by atoms with Crippen molar-refractivity contribution in [1.82, 2.24) is 14.8 Å². The number of aromatic hydroxyl groups is 1. The molecule has 1 aromatic heterocycles. The third kappa shape index (κ3) is 3.92. The van der Waals surface area contributed by atoms with Crippen molar-refractivity contribution in [3.05, 3.63) is 47.8 Å². The van der Waals surface area contributed by atoms with Crippen molar-refractivity contribution in [2.45, 2.75) is 49.7 Å². The highest BCUT2D eigenvalue weighted by atomic mass is 32.2. The molecule has 0 bridgehead atoms. The van der Waals surface area contributed by atoms with Crippen molar-refractivity contribution in [1.29, 1.82) is 0 Å². The quantitative estimate of drug-likeness (QED) is 0.347. The van der Waals surface area contributed by atoms with Crippen LogP contribution in [0.2, 0.25) is 0 Å². The first-order chi connectivity index (χ1) is 13.8. The standard InChI is InChI=1S/C22H26N4OS/c1-28-22-25-24-21(26(22)17-8-3-4-9-17)11-6-14-23-15-19-18-10-5-2-7-16(18)12-13-20(19)27/h2,5,7,10,12-13,15,17,27H,3-4,6,8-9,11,14H2,1H3. The van der Waals surface area contributed by atoms with Crippen molar-refractivity contribution in [2.24, 2.45) is 4.99 Å². The Morgan fingerprint density at radius 2 is 2.00 bits per heavy atom. The number of fused-ring (bicyclic) bond motifs is 1. The van der Waals surface area contributed by atoms with Crippen LogP contribution in [-0.4, -0.2) is 38.9 Å². The summed E-state index contributed by atoms with van der Waals surface area (Å²) in [5, 5.41) is 22.2. The van der Waals surface area contributed by atoms with Gasteiger partial charge < -0.3 is 9.67 Å². The second kappa shape index (κ2) is 8.78. The summed E-state index contributed by atoms with van der Waals surface area (Å²) in [5.74, 6) is 1.35. The second-order valence-corrected chi connectivity index (χ2v) is 8.04. The van der Waals surface area contributed by atoms with Gasteiger partial charge in [-0.25, -0.2) is 0 Å². The number of aliphatic imine (C=N–C) groups is 1. The van der Waals surface area contributed by atoms with Gasteiger partial charge in [0.25, 0.3) is 0 Å². The molecule has 6 heteroatoms. The zero-order valence-corrected chi connectivity index (χ0v) is 17.0. The number of hydrogen-bond acceptors (Lipinski definition) is 5. The molecule has 0 radical (unpaired) electrons. The molecule has 4 rings (SSSR count). The van der Waals surface area contributed by atoms with Crippen molar-refractivity contribution >= 4 is 28.7 Å². The van der Waals surface area contributed by atoms with E-state index in [0.29, 0.717) is 12.6 Å². The van der Waals surface area contributed by atoms with Gasteiger partial charge in [-0.2, -0.15) is 0 Å². The van der Waals surface area contributed by atoms with Crippen LogP contribution in [0.25, 0.3) is 10.8 Å². The smallest absolute Gasteiger partial charge is 0.191 e. The summed E-state index contributed by atoms with van der Waals surface area (Å²) >= 11 is 1.68. The highest BCUT2D eigenvalue weighted by Crippen LogP contribution is 2.33. The second-order valence-electron chi connectivity index (χ2n) is 7.27. The predicted molar refractivity (Wildman–Crippen MR) is 116 cm³/mol. The van der Waals surface area contributed by atoms with E-state index in [4.69, 9.17) is 0 Å². The molecule has 2 aromatic carbocycles. The Balaban J connectivity index is 1.42. The van der Waals surface area contributed by atoms with E-state index in [1.54, 1.807) is 24.0 Å². The fourth-order valence-corrected chi connectivity index (χ4v) is 4.62. The number of benzene rings is 2. The van der Waals surface area contributed by atoms with Crippen LogP contribution in [0.1, 0.15) is 49.5 Å². The lowest BCUT2D eigenvalue weighted by atomic mass is 10.0. The largest absolute Gasteiger partial charge is 0.507 e. The fraction of sp³-hybridized carbons (Fsp3) is 0.409. The maximum Gasteiger partial charge on any atom is 0.191 e. The van der Waals surface area contributed by atoms with Gasteiger partial charge in [-0.05, 0) is 42.4 Å². The highest BCUT2D eigenvalue weighted by molar-refractivity contribution is 7.98. The summed E-state index contributed by atoms with van der Waals surface area (Å²) in [6, 6.07) is 12.3. The fourth-order valence-electron chi connectivity index (χ4n) is 4.05. The lowest BCUT2D eigenvalue weighted by Crippen LogP contribution is -2.11. The van der Waals surface area contributed by atoms with Gasteiger partial charge >= 0.3 is 0 Å². The van der Waals surface area contributed by atoms with Crippen LogP contribution in [0.3, 0.4) is 0 Å². The Hall–Kier alpha value is -2.34. The Kier molecular flexibility index (Phi) is 5.95. The molecule has 1 aliphatic carbocycles. The summed E-state index contributed by atoms with van der Waals surface area (Å²) in [6.45, 7) is 0.703. The average Bonchev–Trinajstić information content (AvgIpc) is 3.38.